The largest absolute Gasteiger partial charge is 1.00 e. The smallest absolute Gasteiger partial charge is 0.744 e. The molecule has 70 heavy (non-hydrogen) atoms. The first kappa shape index (κ1) is 55.7. The van der Waals surface area contributed by atoms with E-state index in [-0.39, 0.29) is 158 Å². The standard InChI is InChI=1S/C52H36N2O10S2.4Na/c1-2-3-28-53-51(55)40-30-45(63-43-21-13-11-18-37(43)32-14-6-4-7-15-32)48-38-19-10-12-20-42(38)54(34-16-8-5-9-17-34)50-46(31-41(52(53)56)47(40)49(48)50)64-44-27-26-36(66(60,61)62)29-39(44)33-22-24-35(25-23-33)65(57,58)59;;;;/h5-10,12-27,29-31H,2-3,28H2,1H3,(H,57,58,59)(H,60,61,62);;;;/q-2;4*+1/p-2. The summed E-state index contributed by atoms with van der Waals surface area (Å²) in [5, 5.41) is 2.49. The van der Waals surface area contributed by atoms with Crippen LogP contribution in [0, 0.1) is 12.1 Å². The Morgan fingerprint density at radius 2 is 1.11 bits per heavy atom. The van der Waals surface area contributed by atoms with Gasteiger partial charge in [0.05, 0.1) is 31.6 Å². The van der Waals surface area contributed by atoms with Crippen molar-refractivity contribution in [2.24, 2.45) is 0 Å². The summed E-state index contributed by atoms with van der Waals surface area (Å²) in [5.41, 5.74) is 2.57. The molecule has 10 aromatic rings. The predicted octanol–water partition coefficient (Wildman–Crippen LogP) is -1.81. The van der Waals surface area contributed by atoms with Crippen molar-refractivity contribution in [1.29, 1.82) is 0 Å². The van der Waals surface area contributed by atoms with Crippen molar-refractivity contribution in [1.82, 2.24) is 9.13 Å². The predicted molar refractivity (Wildman–Crippen MR) is 250 cm³/mol. The van der Waals surface area contributed by atoms with Crippen molar-refractivity contribution >= 4 is 63.6 Å². The minimum absolute atomic E-state index is 0. The monoisotopic (exact) mass is 1000 g/mol. The second kappa shape index (κ2) is 22.7. The van der Waals surface area contributed by atoms with Crippen molar-refractivity contribution in [2.75, 3.05) is 0 Å². The second-order valence-electron chi connectivity index (χ2n) is 15.6. The van der Waals surface area contributed by atoms with Crippen molar-refractivity contribution < 1.29 is 154 Å². The molecule has 0 radical (unpaired) electrons. The molecule has 0 spiro atoms. The quantitative estimate of drug-likeness (QED) is 0.0447. The van der Waals surface area contributed by atoms with Crippen LogP contribution in [0.15, 0.2) is 171 Å². The van der Waals surface area contributed by atoms with Crippen LogP contribution in [0.1, 0.15) is 19.8 Å². The first-order valence-electron chi connectivity index (χ1n) is 20.8. The number of benzene rings is 8. The summed E-state index contributed by atoms with van der Waals surface area (Å²) in [7, 11) is -9.86. The zero-order valence-corrected chi connectivity index (χ0v) is 48.5. The van der Waals surface area contributed by atoms with Crippen LogP contribution in [0.2, 0.25) is 0 Å². The zero-order chi connectivity index (χ0) is 45.9. The molecule has 12 nitrogen and oxygen atoms in total. The van der Waals surface area contributed by atoms with Crippen molar-refractivity contribution in [3.63, 3.8) is 0 Å². The Morgan fingerprint density at radius 3 is 1.77 bits per heavy atom. The SMILES string of the molecule is CCCCn1c(=O)c2cc(Oc3cc[c-]cc3-c3cc[c-]cc3)c3c4ccccc4n(-c4ccccc4)c4c(Oc5ccc(S(=O)(=O)[O-])cc5-c5ccc(S(=O)(=O)[O-])cc5)cc(c1=O)c2c34.[Na+].[Na+].[Na+].[Na+]. The molecule has 0 amide bonds. The van der Waals surface area contributed by atoms with Crippen molar-refractivity contribution in [3.8, 4) is 50.9 Å². The van der Waals surface area contributed by atoms with Crippen LogP contribution in [-0.2, 0) is 26.8 Å². The number of ether oxygens (including phenoxy) is 2. The molecule has 0 atom stereocenters. The van der Waals surface area contributed by atoms with Gasteiger partial charge in [-0.05, 0) is 72.6 Å². The molecule has 0 aliphatic heterocycles. The van der Waals surface area contributed by atoms with E-state index in [1.54, 1.807) is 36.4 Å². The summed E-state index contributed by atoms with van der Waals surface area (Å²) in [4.78, 5) is 28.5. The first-order valence-corrected chi connectivity index (χ1v) is 23.6. The molecule has 8 aromatic carbocycles. The molecule has 10 rings (SSSR count). The Bertz CT molecular complexity index is 3910. The summed E-state index contributed by atoms with van der Waals surface area (Å²) < 4.78 is 90.0. The van der Waals surface area contributed by atoms with Crippen LogP contribution < -0.4 is 139 Å². The number of unbranched alkanes of at least 4 members (excludes halogenated alkanes) is 1. The van der Waals surface area contributed by atoms with Gasteiger partial charge in [-0.2, -0.15) is 54.1 Å². The third kappa shape index (κ3) is 10.4. The third-order valence-corrected chi connectivity index (χ3v) is 13.3. The van der Waals surface area contributed by atoms with Crippen LogP contribution in [0.4, 0.5) is 0 Å². The summed E-state index contributed by atoms with van der Waals surface area (Å²) in [6.07, 6.45) is 1.24. The fourth-order valence-electron chi connectivity index (χ4n) is 8.62. The van der Waals surface area contributed by atoms with Gasteiger partial charge in [0.1, 0.15) is 31.7 Å². The van der Waals surface area contributed by atoms with Gasteiger partial charge in [0.25, 0.3) is 11.1 Å². The summed E-state index contributed by atoms with van der Waals surface area (Å²) >= 11 is 0. The molecular formula is C52H34N2Na4O10S2. The van der Waals surface area contributed by atoms with Crippen LogP contribution >= 0.6 is 0 Å². The van der Waals surface area contributed by atoms with Gasteiger partial charge in [-0.1, -0.05) is 61.9 Å². The summed E-state index contributed by atoms with van der Waals surface area (Å²) in [5.74, 6) is 0.896. The topological polar surface area (TPSA) is 177 Å². The van der Waals surface area contributed by atoms with Gasteiger partial charge in [-0.15, -0.1) is 11.6 Å². The van der Waals surface area contributed by atoms with Gasteiger partial charge in [-0.3, -0.25) is 14.2 Å². The molecule has 0 saturated heterocycles. The maximum atomic E-state index is 14.8. The number of hydrogen-bond acceptors (Lipinski definition) is 10. The molecule has 0 fully saturated rings. The number of rotatable bonds is 12. The average molecular weight is 1000 g/mol. The molecule has 0 unspecified atom stereocenters. The van der Waals surface area contributed by atoms with Crippen molar-refractivity contribution in [3.05, 3.63) is 184 Å². The normalized spacial score (nSPS) is 11.4. The van der Waals surface area contributed by atoms with Crippen LogP contribution in [0.3, 0.4) is 0 Å². The van der Waals surface area contributed by atoms with E-state index in [0.717, 1.165) is 35.4 Å². The maximum Gasteiger partial charge on any atom is 1.00 e. The van der Waals surface area contributed by atoms with Gasteiger partial charge in [-0.25, -0.2) is 16.8 Å². The Labute approximate surface area is 491 Å². The van der Waals surface area contributed by atoms with Gasteiger partial charge >= 0.3 is 118 Å². The van der Waals surface area contributed by atoms with Gasteiger partial charge in [0.2, 0.25) is 0 Å². The number of hydrogen-bond donors (Lipinski definition) is 0. The van der Waals surface area contributed by atoms with Crippen LogP contribution in [0.5, 0.6) is 23.0 Å². The van der Waals surface area contributed by atoms with E-state index in [0.29, 0.717) is 62.6 Å². The number of pyridine rings is 2. The van der Waals surface area contributed by atoms with E-state index in [1.807, 2.05) is 84.3 Å². The van der Waals surface area contributed by atoms with Crippen molar-refractivity contribution in [2.45, 2.75) is 36.1 Å². The molecular weight excluding hydrogens is 969 g/mol. The fraction of sp³-hybridized carbons (Fsp3) is 0.0769. The minimum Gasteiger partial charge on any atom is -0.744 e. The van der Waals surface area contributed by atoms with Gasteiger partial charge in [0, 0.05) is 45.1 Å². The molecule has 0 aliphatic carbocycles. The Morgan fingerprint density at radius 1 is 0.543 bits per heavy atom. The summed E-state index contributed by atoms with van der Waals surface area (Å²) in [6, 6.07) is 47.4. The van der Waals surface area contributed by atoms with E-state index in [9.17, 15) is 35.5 Å². The van der Waals surface area contributed by atoms with E-state index < -0.39 is 41.1 Å². The zero-order valence-electron chi connectivity index (χ0n) is 38.8. The minimum atomic E-state index is -5.02. The van der Waals surface area contributed by atoms with E-state index in [4.69, 9.17) is 9.47 Å². The molecule has 0 N–H and O–H groups in total. The molecule has 2 heterocycles. The average Bonchev–Trinajstić information content (AvgIpc) is 3.32. The third-order valence-electron chi connectivity index (χ3n) is 11.6. The van der Waals surface area contributed by atoms with E-state index in [2.05, 4.69) is 12.1 Å². The Hall–Kier alpha value is -3.62. The maximum absolute atomic E-state index is 14.8. The summed E-state index contributed by atoms with van der Waals surface area (Å²) in [6.45, 7) is 2.09. The molecule has 328 valence electrons. The number of fused-ring (bicyclic) bond motifs is 2. The molecule has 0 aliphatic rings. The Balaban J connectivity index is 0.00000201. The van der Waals surface area contributed by atoms with E-state index >= 15 is 0 Å². The molecule has 18 heteroatoms. The van der Waals surface area contributed by atoms with Crippen LogP contribution in [0.25, 0.3) is 71.3 Å². The molecule has 0 bridgehead atoms. The van der Waals surface area contributed by atoms with Crippen LogP contribution in [-0.4, -0.2) is 35.1 Å². The first-order chi connectivity index (χ1) is 31.8. The fourth-order valence-corrected chi connectivity index (χ4v) is 9.58. The molecule has 0 saturated carbocycles. The number of aromatic nitrogens is 2. The molecule has 2 aromatic heterocycles. The number of nitrogens with zero attached hydrogens (tertiary/aromatic N) is 2. The van der Waals surface area contributed by atoms with Gasteiger partial charge < -0.3 is 23.1 Å². The second-order valence-corrected chi connectivity index (χ2v) is 18.4. The number of para-hydroxylation sites is 2. The Kier molecular flexibility index (Phi) is 18.0. The van der Waals surface area contributed by atoms with E-state index in [1.165, 1.54) is 22.8 Å². The van der Waals surface area contributed by atoms with Gasteiger partial charge in [0.15, 0.2) is 5.75 Å².